The minimum atomic E-state index is -0.0897. The van der Waals surface area contributed by atoms with E-state index in [1.54, 1.807) is 11.1 Å². The number of amides is 1. The molecule has 0 radical (unpaired) electrons. The molecule has 2 aromatic heterocycles. The number of aromatic nitrogens is 5. The summed E-state index contributed by atoms with van der Waals surface area (Å²) in [6.45, 7) is 1.87. The average molecular weight is 348 g/mol. The predicted molar refractivity (Wildman–Crippen MR) is 95.5 cm³/mol. The standard InChI is InChI=1S/C19H20N6O/c26-19(16-14-20-9-10-21-16)24-11-8-18-22-17(23-25(18)13-12-24)7-6-15-4-2-1-3-5-15/h1-5,9-10,14H,6-8,11-13H2. The Hall–Kier alpha value is -3.09. The highest BCUT2D eigenvalue weighted by Gasteiger charge is 2.22. The van der Waals surface area contributed by atoms with E-state index < -0.39 is 0 Å². The summed E-state index contributed by atoms with van der Waals surface area (Å²) in [6, 6.07) is 10.4. The number of hydrogen-bond donors (Lipinski definition) is 0. The van der Waals surface area contributed by atoms with Gasteiger partial charge in [-0.05, 0) is 12.0 Å². The smallest absolute Gasteiger partial charge is 0.274 e. The van der Waals surface area contributed by atoms with Gasteiger partial charge in [0.25, 0.3) is 5.91 Å². The quantitative estimate of drug-likeness (QED) is 0.715. The van der Waals surface area contributed by atoms with Gasteiger partial charge >= 0.3 is 0 Å². The monoisotopic (exact) mass is 348 g/mol. The molecule has 3 aromatic rings. The highest BCUT2D eigenvalue weighted by molar-refractivity contribution is 5.91. The van der Waals surface area contributed by atoms with E-state index in [0.29, 0.717) is 31.7 Å². The third-order valence-corrected chi connectivity index (χ3v) is 4.53. The molecule has 0 saturated heterocycles. The van der Waals surface area contributed by atoms with Crippen LogP contribution in [-0.4, -0.2) is 48.6 Å². The fourth-order valence-corrected chi connectivity index (χ4v) is 3.13. The summed E-state index contributed by atoms with van der Waals surface area (Å²) >= 11 is 0. The van der Waals surface area contributed by atoms with Crippen LogP contribution in [0.4, 0.5) is 0 Å². The Bertz CT molecular complexity index is 852. The van der Waals surface area contributed by atoms with Gasteiger partial charge in [-0.15, -0.1) is 0 Å². The van der Waals surface area contributed by atoms with Crippen molar-refractivity contribution in [1.29, 1.82) is 0 Å². The maximum Gasteiger partial charge on any atom is 0.274 e. The van der Waals surface area contributed by atoms with E-state index in [9.17, 15) is 4.79 Å². The first-order valence-electron chi connectivity index (χ1n) is 8.81. The highest BCUT2D eigenvalue weighted by atomic mass is 16.2. The number of hydrogen-bond acceptors (Lipinski definition) is 5. The van der Waals surface area contributed by atoms with Crippen LogP contribution in [0.5, 0.6) is 0 Å². The van der Waals surface area contributed by atoms with Crippen molar-refractivity contribution in [2.24, 2.45) is 0 Å². The van der Waals surface area contributed by atoms with Crippen LogP contribution in [-0.2, 0) is 25.8 Å². The van der Waals surface area contributed by atoms with Crippen molar-refractivity contribution in [1.82, 2.24) is 29.6 Å². The summed E-state index contributed by atoms with van der Waals surface area (Å²) in [5, 5.41) is 4.63. The topological polar surface area (TPSA) is 76.8 Å². The first-order valence-corrected chi connectivity index (χ1v) is 8.81. The van der Waals surface area contributed by atoms with Crippen LogP contribution in [0.3, 0.4) is 0 Å². The molecule has 132 valence electrons. The van der Waals surface area contributed by atoms with Gasteiger partial charge in [0.2, 0.25) is 0 Å². The second-order valence-electron chi connectivity index (χ2n) is 6.29. The Morgan fingerprint density at radius 2 is 1.92 bits per heavy atom. The van der Waals surface area contributed by atoms with E-state index in [4.69, 9.17) is 0 Å². The van der Waals surface area contributed by atoms with Gasteiger partial charge in [-0.1, -0.05) is 30.3 Å². The summed E-state index contributed by atoms with van der Waals surface area (Å²) in [6.07, 6.45) is 7.07. The van der Waals surface area contributed by atoms with Crippen molar-refractivity contribution >= 4 is 5.91 Å². The minimum Gasteiger partial charge on any atom is -0.335 e. The normalized spacial score (nSPS) is 13.9. The summed E-state index contributed by atoms with van der Waals surface area (Å²) < 4.78 is 1.93. The Labute approximate surface area is 151 Å². The van der Waals surface area contributed by atoms with Crippen molar-refractivity contribution in [2.75, 3.05) is 13.1 Å². The zero-order valence-corrected chi connectivity index (χ0v) is 14.5. The second-order valence-corrected chi connectivity index (χ2v) is 6.29. The summed E-state index contributed by atoms with van der Waals surface area (Å²) in [5.74, 6) is 1.73. The molecule has 1 aromatic carbocycles. The van der Waals surface area contributed by atoms with Gasteiger partial charge in [-0.25, -0.2) is 14.6 Å². The molecular weight excluding hydrogens is 328 g/mol. The molecule has 0 saturated carbocycles. The molecule has 1 aliphatic heterocycles. The molecule has 0 atom stereocenters. The Morgan fingerprint density at radius 3 is 2.73 bits per heavy atom. The molecule has 1 amide bonds. The number of fused-ring (bicyclic) bond motifs is 1. The van der Waals surface area contributed by atoms with Gasteiger partial charge in [-0.3, -0.25) is 9.78 Å². The van der Waals surface area contributed by atoms with Crippen LogP contribution in [0.2, 0.25) is 0 Å². The van der Waals surface area contributed by atoms with Crippen molar-refractivity contribution in [2.45, 2.75) is 25.8 Å². The Morgan fingerprint density at radius 1 is 1.04 bits per heavy atom. The van der Waals surface area contributed by atoms with Crippen molar-refractivity contribution in [3.8, 4) is 0 Å². The summed E-state index contributed by atoms with van der Waals surface area (Å²) in [4.78, 5) is 27.1. The first kappa shape index (κ1) is 16.4. The van der Waals surface area contributed by atoms with Crippen molar-refractivity contribution < 1.29 is 4.79 Å². The maximum atomic E-state index is 12.5. The molecule has 0 spiro atoms. The van der Waals surface area contributed by atoms with E-state index >= 15 is 0 Å². The van der Waals surface area contributed by atoms with Gasteiger partial charge in [0.15, 0.2) is 5.82 Å². The number of nitrogens with zero attached hydrogens (tertiary/aromatic N) is 6. The van der Waals surface area contributed by atoms with Crippen LogP contribution in [0, 0.1) is 0 Å². The minimum absolute atomic E-state index is 0.0897. The SMILES string of the molecule is O=C(c1cnccn1)N1CCc2nc(CCc3ccccc3)nn2CC1. The van der Waals surface area contributed by atoms with Crippen LogP contribution >= 0.6 is 0 Å². The first-order chi connectivity index (χ1) is 12.8. The molecule has 0 aliphatic carbocycles. The van der Waals surface area contributed by atoms with E-state index in [2.05, 4.69) is 32.2 Å². The van der Waals surface area contributed by atoms with E-state index in [1.807, 2.05) is 22.9 Å². The molecule has 0 bridgehead atoms. The molecule has 7 heteroatoms. The molecule has 26 heavy (non-hydrogen) atoms. The Kier molecular flexibility index (Phi) is 4.68. The zero-order chi connectivity index (χ0) is 17.8. The number of carbonyl (C=O) groups excluding carboxylic acids is 1. The van der Waals surface area contributed by atoms with E-state index in [0.717, 1.165) is 24.5 Å². The fourth-order valence-electron chi connectivity index (χ4n) is 3.13. The number of aryl methyl sites for hydroxylation is 2. The van der Waals surface area contributed by atoms with Crippen LogP contribution in [0.1, 0.15) is 27.7 Å². The molecule has 0 N–H and O–H groups in total. The summed E-state index contributed by atoms with van der Waals surface area (Å²) in [7, 11) is 0. The molecule has 0 unspecified atom stereocenters. The summed E-state index contributed by atoms with van der Waals surface area (Å²) in [5.41, 5.74) is 1.67. The molecule has 4 rings (SSSR count). The Balaban J connectivity index is 1.39. The fraction of sp³-hybridized carbons (Fsp3) is 0.316. The van der Waals surface area contributed by atoms with Crippen LogP contribution < -0.4 is 0 Å². The number of benzene rings is 1. The lowest BCUT2D eigenvalue weighted by Crippen LogP contribution is -2.34. The average Bonchev–Trinajstić information content (AvgIpc) is 2.99. The van der Waals surface area contributed by atoms with Gasteiger partial charge in [-0.2, -0.15) is 5.10 Å². The van der Waals surface area contributed by atoms with Gasteiger partial charge in [0.1, 0.15) is 11.5 Å². The zero-order valence-electron chi connectivity index (χ0n) is 14.5. The lowest BCUT2D eigenvalue weighted by molar-refractivity contribution is 0.0752. The van der Waals surface area contributed by atoms with E-state index in [-0.39, 0.29) is 5.91 Å². The van der Waals surface area contributed by atoms with Gasteiger partial charge in [0.05, 0.1) is 12.7 Å². The highest BCUT2D eigenvalue weighted by Crippen LogP contribution is 2.11. The van der Waals surface area contributed by atoms with Gasteiger partial charge in [0, 0.05) is 38.3 Å². The van der Waals surface area contributed by atoms with E-state index in [1.165, 1.54) is 18.0 Å². The second kappa shape index (κ2) is 7.43. The molecule has 0 fully saturated rings. The third-order valence-electron chi connectivity index (χ3n) is 4.53. The predicted octanol–water partition coefficient (Wildman–Crippen LogP) is 1.55. The lowest BCUT2D eigenvalue weighted by atomic mass is 10.1. The lowest BCUT2D eigenvalue weighted by Gasteiger charge is -2.18. The molecule has 1 aliphatic rings. The largest absolute Gasteiger partial charge is 0.335 e. The molecular formula is C19H20N6O. The number of rotatable bonds is 4. The molecule has 7 nitrogen and oxygen atoms in total. The van der Waals surface area contributed by atoms with Gasteiger partial charge < -0.3 is 4.90 Å². The molecule has 3 heterocycles. The van der Waals surface area contributed by atoms with Crippen molar-refractivity contribution in [3.63, 3.8) is 0 Å². The van der Waals surface area contributed by atoms with Crippen LogP contribution in [0.15, 0.2) is 48.9 Å². The van der Waals surface area contributed by atoms with Crippen LogP contribution in [0.25, 0.3) is 0 Å². The third kappa shape index (κ3) is 3.61. The van der Waals surface area contributed by atoms with Crippen molar-refractivity contribution in [3.05, 3.63) is 71.8 Å². The maximum absolute atomic E-state index is 12.5. The number of carbonyl (C=O) groups is 1.